The molecular formula is C13H21IN4O. The number of aromatic nitrogens is 2. The third kappa shape index (κ3) is 3.68. The summed E-state index contributed by atoms with van der Waals surface area (Å²) in [4.78, 5) is 11.6. The molecule has 0 amide bonds. The summed E-state index contributed by atoms with van der Waals surface area (Å²) in [6.07, 6.45) is 0.979. The lowest BCUT2D eigenvalue weighted by Crippen LogP contribution is -2.37. The summed E-state index contributed by atoms with van der Waals surface area (Å²) in [5, 5.41) is 3.17. The van der Waals surface area contributed by atoms with Crippen molar-refractivity contribution in [3.63, 3.8) is 0 Å². The van der Waals surface area contributed by atoms with Crippen molar-refractivity contribution in [3.8, 4) is 0 Å². The van der Waals surface area contributed by atoms with Gasteiger partial charge in [0, 0.05) is 20.1 Å². The summed E-state index contributed by atoms with van der Waals surface area (Å²) in [5.74, 6) is 2.34. The average Bonchev–Trinajstić information content (AvgIpc) is 2.41. The summed E-state index contributed by atoms with van der Waals surface area (Å²) in [5.41, 5.74) is 1.14. The van der Waals surface area contributed by atoms with E-state index in [4.69, 9.17) is 9.72 Å². The van der Waals surface area contributed by atoms with Gasteiger partial charge in [0.25, 0.3) is 0 Å². The summed E-state index contributed by atoms with van der Waals surface area (Å²) < 4.78 is 6.51. The van der Waals surface area contributed by atoms with Crippen LogP contribution in [-0.4, -0.2) is 43.3 Å². The molecule has 106 valence electrons. The van der Waals surface area contributed by atoms with Crippen molar-refractivity contribution < 1.29 is 4.74 Å². The number of nitrogens with one attached hydrogen (secondary N) is 1. The van der Waals surface area contributed by atoms with Crippen LogP contribution in [0.4, 0.5) is 11.8 Å². The van der Waals surface area contributed by atoms with Crippen molar-refractivity contribution in [2.24, 2.45) is 5.92 Å². The Bertz CT molecular complexity index is 433. The van der Waals surface area contributed by atoms with Crippen LogP contribution in [0.25, 0.3) is 0 Å². The van der Waals surface area contributed by atoms with Crippen LogP contribution in [0.15, 0.2) is 0 Å². The van der Waals surface area contributed by atoms with Crippen LogP contribution in [0.5, 0.6) is 0 Å². The average molecular weight is 376 g/mol. The fourth-order valence-electron chi connectivity index (χ4n) is 2.07. The highest BCUT2D eigenvalue weighted by Gasteiger charge is 2.18. The molecule has 0 aliphatic carbocycles. The van der Waals surface area contributed by atoms with Gasteiger partial charge in [-0.1, -0.05) is 13.8 Å². The lowest BCUT2D eigenvalue weighted by Gasteiger charge is -2.27. The van der Waals surface area contributed by atoms with Gasteiger partial charge in [0.2, 0.25) is 5.95 Å². The maximum atomic E-state index is 5.38. The number of nitrogens with zero attached hydrogens (tertiary/aromatic N) is 3. The van der Waals surface area contributed by atoms with Crippen molar-refractivity contribution in [2.45, 2.75) is 20.3 Å². The van der Waals surface area contributed by atoms with Gasteiger partial charge in [-0.3, -0.25) is 0 Å². The van der Waals surface area contributed by atoms with Crippen molar-refractivity contribution in [3.05, 3.63) is 9.26 Å². The predicted molar refractivity (Wildman–Crippen MR) is 85.9 cm³/mol. The smallest absolute Gasteiger partial charge is 0.227 e. The van der Waals surface area contributed by atoms with E-state index in [1.807, 2.05) is 7.05 Å². The highest BCUT2D eigenvalue weighted by atomic mass is 127. The molecule has 0 unspecified atom stereocenters. The van der Waals surface area contributed by atoms with Crippen LogP contribution in [-0.2, 0) is 11.2 Å². The van der Waals surface area contributed by atoms with Crippen molar-refractivity contribution in [2.75, 3.05) is 43.6 Å². The van der Waals surface area contributed by atoms with Gasteiger partial charge in [-0.15, -0.1) is 0 Å². The fourth-order valence-corrected chi connectivity index (χ4v) is 2.80. The minimum atomic E-state index is 0.589. The minimum absolute atomic E-state index is 0.589. The Balaban J connectivity index is 2.32. The van der Waals surface area contributed by atoms with Gasteiger partial charge in [-0.05, 0) is 34.9 Å². The number of hydrogen-bond donors (Lipinski definition) is 1. The van der Waals surface area contributed by atoms with Gasteiger partial charge in [-0.2, -0.15) is 4.98 Å². The highest BCUT2D eigenvalue weighted by molar-refractivity contribution is 14.1. The third-order valence-electron chi connectivity index (χ3n) is 3.04. The second kappa shape index (κ2) is 6.69. The van der Waals surface area contributed by atoms with E-state index in [-0.39, 0.29) is 0 Å². The van der Waals surface area contributed by atoms with E-state index < -0.39 is 0 Å². The Morgan fingerprint density at radius 1 is 1.32 bits per heavy atom. The second-order valence-corrected chi connectivity index (χ2v) is 6.16. The van der Waals surface area contributed by atoms with Gasteiger partial charge in [0.05, 0.1) is 22.5 Å². The number of halogens is 1. The topological polar surface area (TPSA) is 50.3 Å². The van der Waals surface area contributed by atoms with Gasteiger partial charge in [0.1, 0.15) is 5.82 Å². The first-order valence-corrected chi connectivity index (χ1v) is 7.76. The summed E-state index contributed by atoms with van der Waals surface area (Å²) in [7, 11) is 1.91. The van der Waals surface area contributed by atoms with E-state index in [1.165, 1.54) is 0 Å². The SMILES string of the molecule is CNc1nc(N2CCOCC2)nc(CC(C)C)c1I. The lowest BCUT2D eigenvalue weighted by molar-refractivity contribution is 0.122. The molecule has 6 heteroatoms. The molecule has 1 N–H and O–H groups in total. The van der Waals surface area contributed by atoms with Gasteiger partial charge in [-0.25, -0.2) is 4.98 Å². The van der Waals surface area contributed by atoms with Crippen LogP contribution in [0.2, 0.25) is 0 Å². The molecule has 2 rings (SSSR count). The van der Waals surface area contributed by atoms with Crippen LogP contribution >= 0.6 is 22.6 Å². The fraction of sp³-hybridized carbons (Fsp3) is 0.692. The molecule has 0 aromatic carbocycles. The Morgan fingerprint density at radius 2 is 2.00 bits per heavy atom. The van der Waals surface area contributed by atoms with Crippen molar-refractivity contribution in [1.82, 2.24) is 9.97 Å². The van der Waals surface area contributed by atoms with E-state index in [1.54, 1.807) is 0 Å². The third-order valence-corrected chi connectivity index (χ3v) is 4.17. The number of morpholine rings is 1. The molecule has 19 heavy (non-hydrogen) atoms. The van der Waals surface area contributed by atoms with Crippen LogP contribution in [0.3, 0.4) is 0 Å². The number of rotatable bonds is 4. The molecular weight excluding hydrogens is 355 g/mol. The van der Waals surface area contributed by atoms with E-state index in [9.17, 15) is 0 Å². The molecule has 0 radical (unpaired) electrons. The molecule has 0 spiro atoms. The molecule has 0 atom stereocenters. The standard InChI is InChI=1S/C13H21IN4O/c1-9(2)8-10-11(14)12(15-3)17-13(16-10)18-4-6-19-7-5-18/h9H,4-8H2,1-3H3,(H,15,16,17). The molecule has 0 bridgehead atoms. The Morgan fingerprint density at radius 3 is 2.58 bits per heavy atom. The van der Waals surface area contributed by atoms with E-state index in [0.717, 1.165) is 53.8 Å². The number of ether oxygens (including phenoxy) is 1. The summed E-state index contributed by atoms with van der Waals surface area (Å²) in [6.45, 7) is 7.67. The Kier molecular flexibility index (Phi) is 5.20. The molecule has 1 aliphatic heterocycles. The lowest BCUT2D eigenvalue weighted by atomic mass is 10.1. The van der Waals surface area contributed by atoms with Crippen molar-refractivity contribution in [1.29, 1.82) is 0 Å². The summed E-state index contributed by atoms with van der Waals surface area (Å²) in [6, 6.07) is 0. The molecule has 1 aromatic heterocycles. The molecule has 2 heterocycles. The zero-order valence-electron chi connectivity index (χ0n) is 11.7. The van der Waals surface area contributed by atoms with Gasteiger partial charge in [0.15, 0.2) is 0 Å². The van der Waals surface area contributed by atoms with Gasteiger partial charge >= 0.3 is 0 Å². The van der Waals surface area contributed by atoms with E-state index >= 15 is 0 Å². The van der Waals surface area contributed by atoms with E-state index in [2.05, 4.69) is 51.6 Å². The Hall–Kier alpha value is -0.630. The zero-order valence-corrected chi connectivity index (χ0v) is 13.9. The number of anilines is 2. The van der Waals surface area contributed by atoms with E-state index in [0.29, 0.717) is 5.92 Å². The number of hydrogen-bond acceptors (Lipinski definition) is 5. The zero-order chi connectivity index (χ0) is 13.8. The molecule has 1 fully saturated rings. The highest BCUT2D eigenvalue weighted by Crippen LogP contribution is 2.24. The minimum Gasteiger partial charge on any atom is -0.378 e. The molecule has 1 aliphatic rings. The first-order chi connectivity index (χ1) is 9.11. The largest absolute Gasteiger partial charge is 0.378 e. The molecule has 0 saturated carbocycles. The first-order valence-electron chi connectivity index (χ1n) is 6.68. The van der Waals surface area contributed by atoms with Crippen LogP contribution in [0.1, 0.15) is 19.5 Å². The predicted octanol–water partition coefficient (Wildman–Crippen LogP) is 2.16. The molecule has 1 saturated heterocycles. The normalized spacial score (nSPS) is 15.9. The molecule has 5 nitrogen and oxygen atoms in total. The van der Waals surface area contributed by atoms with Crippen LogP contribution in [0, 0.1) is 9.49 Å². The molecule has 1 aromatic rings. The van der Waals surface area contributed by atoms with Gasteiger partial charge < -0.3 is 15.0 Å². The second-order valence-electron chi connectivity index (χ2n) is 5.08. The summed E-state index contributed by atoms with van der Waals surface area (Å²) >= 11 is 2.33. The van der Waals surface area contributed by atoms with Crippen LogP contribution < -0.4 is 10.2 Å². The maximum absolute atomic E-state index is 5.38. The quantitative estimate of drug-likeness (QED) is 0.817. The monoisotopic (exact) mass is 376 g/mol. The first kappa shape index (κ1) is 14.8. The Labute approximate surface area is 128 Å². The van der Waals surface area contributed by atoms with Crippen molar-refractivity contribution >= 4 is 34.4 Å². The maximum Gasteiger partial charge on any atom is 0.227 e.